The monoisotopic (exact) mass is 1130 g/mol. The van der Waals surface area contributed by atoms with E-state index in [4.69, 9.17) is 28.4 Å². The molecule has 84 heavy (non-hydrogen) atoms. The van der Waals surface area contributed by atoms with Crippen LogP contribution in [0.1, 0.15) is 225 Å². The summed E-state index contributed by atoms with van der Waals surface area (Å²) in [4.78, 5) is 0. The average molecular weight is 1140 g/mol. The van der Waals surface area contributed by atoms with Crippen molar-refractivity contribution in [2.45, 2.75) is 196 Å². The van der Waals surface area contributed by atoms with Gasteiger partial charge in [0.1, 0.15) is 54.3 Å². The zero-order valence-electron chi connectivity index (χ0n) is 55.6. The first kappa shape index (κ1) is 64.9. The number of methoxy groups -OCH3 is 3. The summed E-state index contributed by atoms with van der Waals surface area (Å²) in [6, 6.07) is 28.3. The topological polar surface area (TPSA) is 55.4 Å². The number of hydrogen-bond acceptors (Lipinski definition) is 6. The molecule has 0 spiro atoms. The molecule has 0 saturated heterocycles. The van der Waals surface area contributed by atoms with Crippen LogP contribution >= 0.6 is 0 Å². The molecular weight excluding hydrogens is 1030 g/mol. The van der Waals surface area contributed by atoms with Crippen molar-refractivity contribution >= 4 is 0 Å². The molecule has 12 bridgehead atoms. The van der Waals surface area contributed by atoms with Gasteiger partial charge in [0, 0.05) is 38.5 Å². The molecule has 0 aromatic heterocycles. The molecule has 0 unspecified atom stereocenters. The third-order valence-corrected chi connectivity index (χ3v) is 16.6. The fourth-order valence-electron chi connectivity index (χ4n) is 11.7. The van der Waals surface area contributed by atoms with Gasteiger partial charge in [-0.2, -0.15) is 0 Å². The standard InChI is InChI=1S/C78H102O6/c1-25-28-82-70-55-31-49-37-61(73(4,5)6)39-51(67(49)79-22)33-57-45-65(77(16,17)18)47-59(71(57)83-29-26-2)35-53-41-63(75(10,11)12)42-54(69(53)81-24)36-60-48-66(78(19,20)21)46-58(72(60)84-30-27-3)34-52-40-62(74(7,8)9)38-50(68(52)80-23)32-56(70)44-64(43-55)76(13,14)15/h25-27,37-48H,1-3,28-36H2,4-24H3. The van der Waals surface area contributed by atoms with E-state index >= 15 is 0 Å². The summed E-state index contributed by atoms with van der Waals surface area (Å²) in [5.74, 6) is 5.13. The molecule has 0 aliphatic heterocycles. The first-order chi connectivity index (χ1) is 39.1. The highest BCUT2D eigenvalue weighted by atomic mass is 16.5. The summed E-state index contributed by atoms with van der Waals surface area (Å²) < 4.78 is 41.1. The van der Waals surface area contributed by atoms with Gasteiger partial charge in [0.25, 0.3) is 0 Å². The summed E-state index contributed by atoms with van der Waals surface area (Å²) >= 11 is 0. The average Bonchev–Trinajstić information content (AvgIpc) is 1.25. The highest BCUT2D eigenvalue weighted by Crippen LogP contribution is 2.46. The molecule has 6 heteroatoms. The third kappa shape index (κ3) is 14.9. The van der Waals surface area contributed by atoms with E-state index in [0.29, 0.717) is 58.3 Å². The van der Waals surface area contributed by atoms with Gasteiger partial charge in [0.15, 0.2) is 0 Å². The van der Waals surface area contributed by atoms with Crippen LogP contribution in [0.5, 0.6) is 34.5 Å². The Bertz CT molecular complexity index is 2890. The summed E-state index contributed by atoms with van der Waals surface area (Å²) in [5.41, 5.74) is 19.3. The van der Waals surface area contributed by atoms with Crippen molar-refractivity contribution in [1.29, 1.82) is 0 Å². The van der Waals surface area contributed by atoms with Crippen molar-refractivity contribution in [1.82, 2.24) is 0 Å². The fourth-order valence-corrected chi connectivity index (χ4v) is 11.7. The Morgan fingerprint density at radius 3 is 0.500 bits per heavy atom. The molecule has 0 saturated carbocycles. The largest absolute Gasteiger partial charge is 0.496 e. The first-order valence-corrected chi connectivity index (χ1v) is 30.4. The van der Waals surface area contributed by atoms with Gasteiger partial charge < -0.3 is 28.4 Å². The van der Waals surface area contributed by atoms with Crippen molar-refractivity contribution in [3.63, 3.8) is 0 Å². The molecule has 0 fully saturated rings. The SMILES string of the molecule is C=CCOc1c2cc(C(C)(C)C)cc1Cc1cc(C(C)(C)C)cc(c1OC)Cc1cc(C(C)(C)C)cc(c1OCC=C)Cc1cc(C(C)(C)C)cc(c1OC)Cc1cc(C(C)(C)C)cc(c1OCC=C)Cc1cc(C(C)(C)C)cc(c1OC)C2. The summed E-state index contributed by atoms with van der Waals surface area (Å²) in [6.07, 6.45) is 8.91. The summed E-state index contributed by atoms with van der Waals surface area (Å²) in [7, 11) is 5.45. The number of hydrogen-bond donors (Lipinski definition) is 0. The van der Waals surface area contributed by atoms with Gasteiger partial charge in [-0.25, -0.2) is 0 Å². The minimum atomic E-state index is -0.192. The molecule has 0 amide bonds. The smallest absolute Gasteiger partial charge is 0.126 e. The van der Waals surface area contributed by atoms with Crippen molar-refractivity contribution in [3.8, 4) is 34.5 Å². The maximum absolute atomic E-state index is 6.99. The van der Waals surface area contributed by atoms with Gasteiger partial charge in [0.2, 0.25) is 0 Å². The Hall–Kier alpha value is -6.66. The second-order valence-corrected chi connectivity index (χ2v) is 29.7. The quantitative estimate of drug-likeness (QED) is 0.114. The highest BCUT2D eigenvalue weighted by Gasteiger charge is 2.31. The molecule has 0 atom stereocenters. The van der Waals surface area contributed by atoms with Crippen molar-refractivity contribution in [3.05, 3.63) is 211 Å². The van der Waals surface area contributed by atoms with Crippen LogP contribution in [0.15, 0.2) is 111 Å². The lowest BCUT2D eigenvalue weighted by Gasteiger charge is -2.29. The van der Waals surface area contributed by atoms with E-state index in [-0.39, 0.29) is 32.5 Å². The van der Waals surface area contributed by atoms with E-state index in [2.05, 4.69) is 217 Å². The van der Waals surface area contributed by atoms with Crippen LogP contribution in [0, 0.1) is 0 Å². The minimum absolute atomic E-state index is 0.189. The van der Waals surface area contributed by atoms with Crippen LogP contribution in [0.4, 0.5) is 0 Å². The molecule has 1 aliphatic rings. The van der Waals surface area contributed by atoms with Gasteiger partial charge in [-0.15, -0.1) is 0 Å². The Morgan fingerprint density at radius 2 is 0.393 bits per heavy atom. The Morgan fingerprint density at radius 1 is 0.262 bits per heavy atom. The van der Waals surface area contributed by atoms with Gasteiger partial charge in [-0.1, -0.05) is 235 Å². The summed E-state index contributed by atoms with van der Waals surface area (Å²) in [5, 5.41) is 0. The van der Waals surface area contributed by atoms with E-state index in [1.54, 1.807) is 0 Å². The lowest BCUT2D eigenvalue weighted by Crippen LogP contribution is -2.17. The van der Waals surface area contributed by atoms with Crippen molar-refractivity contribution in [2.24, 2.45) is 0 Å². The molecule has 450 valence electrons. The predicted octanol–water partition coefficient (Wildman–Crippen LogP) is 19.0. The van der Waals surface area contributed by atoms with Crippen LogP contribution in [0.3, 0.4) is 0 Å². The van der Waals surface area contributed by atoms with E-state index in [1.807, 2.05) is 39.6 Å². The lowest BCUT2D eigenvalue weighted by atomic mass is 9.79. The Balaban J connectivity index is 1.70. The molecule has 6 aromatic rings. The maximum atomic E-state index is 6.99. The van der Waals surface area contributed by atoms with Gasteiger partial charge in [0.05, 0.1) is 21.3 Å². The van der Waals surface area contributed by atoms with Gasteiger partial charge in [-0.3, -0.25) is 0 Å². The second-order valence-electron chi connectivity index (χ2n) is 29.7. The Labute approximate surface area is 508 Å². The fraction of sp³-hybridized carbons (Fsp3) is 0.462. The number of fused-ring (bicyclic) bond motifs is 12. The van der Waals surface area contributed by atoms with Crippen molar-refractivity contribution in [2.75, 3.05) is 41.2 Å². The Kier molecular flexibility index (Phi) is 19.4. The molecule has 7 rings (SSSR count). The number of rotatable bonds is 12. The second kappa shape index (κ2) is 25.1. The van der Waals surface area contributed by atoms with E-state index in [1.165, 1.54) is 33.4 Å². The minimum Gasteiger partial charge on any atom is -0.496 e. The molecule has 0 heterocycles. The third-order valence-electron chi connectivity index (χ3n) is 16.6. The van der Waals surface area contributed by atoms with Crippen LogP contribution in [0.25, 0.3) is 0 Å². The molecule has 6 nitrogen and oxygen atoms in total. The van der Waals surface area contributed by atoms with Gasteiger partial charge in [-0.05, 0) is 133 Å². The van der Waals surface area contributed by atoms with Gasteiger partial charge >= 0.3 is 0 Å². The molecule has 0 radical (unpaired) electrons. The highest BCUT2D eigenvalue weighted by molar-refractivity contribution is 5.61. The number of benzene rings is 6. The molecule has 1 aliphatic carbocycles. The zero-order chi connectivity index (χ0) is 62.1. The molecular formula is C78H102O6. The zero-order valence-corrected chi connectivity index (χ0v) is 55.6. The van der Waals surface area contributed by atoms with Crippen molar-refractivity contribution < 1.29 is 28.4 Å². The van der Waals surface area contributed by atoms with E-state index in [0.717, 1.165) is 101 Å². The van der Waals surface area contributed by atoms with Crippen LogP contribution < -0.4 is 28.4 Å². The molecule has 0 N–H and O–H groups in total. The maximum Gasteiger partial charge on any atom is 0.126 e. The van der Waals surface area contributed by atoms with E-state index in [9.17, 15) is 0 Å². The normalized spacial score (nSPS) is 13.5. The van der Waals surface area contributed by atoms with Crippen LogP contribution in [-0.2, 0) is 71.0 Å². The summed E-state index contributed by atoms with van der Waals surface area (Å²) in [6.45, 7) is 54.8. The number of ether oxygens (including phenoxy) is 6. The lowest BCUT2D eigenvalue weighted by molar-refractivity contribution is 0.354. The van der Waals surface area contributed by atoms with Crippen LogP contribution in [0.2, 0.25) is 0 Å². The van der Waals surface area contributed by atoms with E-state index < -0.39 is 0 Å². The van der Waals surface area contributed by atoms with Crippen LogP contribution in [-0.4, -0.2) is 41.2 Å². The predicted molar refractivity (Wildman–Crippen MR) is 354 cm³/mol. The molecule has 6 aromatic carbocycles. The first-order valence-electron chi connectivity index (χ1n) is 30.4.